The minimum atomic E-state index is -0.897. The Morgan fingerprint density at radius 2 is 1.80 bits per heavy atom. The molecule has 0 amide bonds. The van der Waals surface area contributed by atoms with Crippen molar-refractivity contribution in [1.82, 2.24) is 5.32 Å². The van der Waals surface area contributed by atoms with Crippen LogP contribution in [0.3, 0.4) is 0 Å². The van der Waals surface area contributed by atoms with Gasteiger partial charge in [0.25, 0.3) is 0 Å². The van der Waals surface area contributed by atoms with E-state index in [0.29, 0.717) is 6.54 Å². The molecule has 0 fully saturated rings. The number of benzene rings is 2. The minimum absolute atomic E-state index is 0.426. The van der Waals surface area contributed by atoms with Gasteiger partial charge in [-0.3, -0.25) is 10.1 Å². The van der Waals surface area contributed by atoms with Crippen LogP contribution < -0.4 is 10.1 Å². The van der Waals surface area contributed by atoms with Gasteiger partial charge in [0.15, 0.2) is 0 Å². The molecule has 0 aromatic heterocycles. The van der Waals surface area contributed by atoms with Crippen molar-refractivity contribution in [1.29, 1.82) is 0 Å². The summed E-state index contributed by atoms with van der Waals surface area (Å²) in [6.07, 6.45) is 0. The Morgan fingerprint density at radius 3 is 2.45 bits per heavy atom. The van der Waals surface area contributed by atoms with Crippen LogP contribution in [0.4, 0.5) is 0 Å². The fourth-order valence-corrected chi connectivity index (χ4v) is 2.05. The van der Waals surface area contributed by atoms with Crippen LogP contribution >= 0.6 is 0 Å². The van der Waals surface area contributed by atoms with Crippen LogP contribution in [0.25, 0.3) is 0 Å². The molecule has 0 saturated carbocycles. The van der Waals surface area contributed by atoms with Crippen LogP contribution in [0.15, 0.2) is 54.6 Å². The predicted molar refractivity (Wildman–Crippen MR) is 76.7 cm³/mol. The first-order chi connectivity index (χ1) is 9.72. The highest BCUT2D eigenvalue weighted by molar-refractivity contribution is 5.75. The molecule has 0 heterocycles. The van der Waals surface area contributed by atoms with Crippen molar-refractivity contribution in [3.05, 3.63) is 65.7 Å². The fourth-order valence-electron chi connectivity index (χ4n) is 2.05. The largest absolute Gasteiger partial charge is 0.496 e. The fraction of sp³-hybridized carbons (Fsp3) is 0.188. The summed E-state index contributed by atoms with van der Waals surface area (Å²) in [5.41, 5.74) is 1.66. The number of methoxy groups -OCH3 is 1. The van der Waals surface area contributed by atoms with E-state index in [1.165, 1.54) is 0 Å². The van der Waals surface area contributed by atoms with Gasteiger partial charge in [0.2, 0.25) is 0 Å². The lowest BCUT2D eigenvalue weighted by molar-refractivity contribution is -0.139. The van der Waals surface area contributed by atoms with Gasteiger partial charge < -0.3 is 9.84 Å². The van der Waals surface area contributed by atoms with E-state index in [2.05, 4.69) is 5.32 Å². The van der Waals surface area contributed by atoms with Crippen LogP contribution in [-0.4, -0.2) is 18.2 Å². The van der Waals surface area contributed by atoms with Crippen molar-refractivity contribution in [2.75, 3.05) is 7.11 Å². The highest BCUT2D eigenvalue weighted by Gasteiger charge is 2.19. The number of hydrogen-bond acceptors (Lipinski definition) is 3. The van der Waals surface area contributed by atoms with Crippen molar-refractivity contribution in [3.63, 3.8) is 0 Å². The molecule has 0 spiro atoms. The van der Waals surface area contributed by atoms with E-state index in [9.17, 15) is 9.90 Å². The zero-order chi connectivity index (χ0) is 14.4. The number of aliphatic carboxylic acids is 1. The van der Waals surface area contributed by atoms with Gasteiger partial charge >= 0.3 is 5.97 Å². The second kappa shape index (κ2) is 6.73. The summed E-state index contributed by atoms with van der Waals surface area (Å²) < 4.78 is 5.26. The van der Waals surface area contributed by atoms with E-state index in [1.54, 1.807) is 19.2 Å². The van der Waals surface area contributed by atoms with Crippen LogP contribution in [0, 0.1) is 0 Å². The highest BCUT2D eigenvalue weighted by Crippen LogP contribution is 2.19. The van der Waals surface area contributed by atoms with Crippen molar-refractivity contribution in [2.45, 2.75) is 12.6 Å². The number of hydrogen-bond donors (Lipinski definition) is 2. The Morgan fingerprint density at radius 1 is 1.15 bits per heavy atom. The van der Waals surface area contributed by atoms with Crippen molar-refractivity contribution in [3.8, 4) is 5.75 Å². The Kier molecular flexibility index (Phi) is 4.74. The molecule has 2 aromatic rings. The van der Waals surface area contributed by atoms with Gasteiger partial charge in [0.05, 0.1) is 7.11 Å². The second-order valence-corrected chi connectivity index (χ2v) is 4.37. The van der Waals surface area contributed by atoms with Gasteiger partial charge in [0.1, 0.15) is 11.8 Å². The first-order valence-electron chi connectivity index (χ1n) is 6.35. The smallest absolute Gasteiger partial charge is 0.325 e. The Bertz CT molecular complexity index is 569. The van der Waals surface area contributed by atoms with Gasteiger partial charge in [-0.15, -0.1) is 0 Å². The third-order valence-corrected chi connectivity index (χ3v) is 3.07. The third kappa shape index (κ3) is 3.36. The average molecular weight is 271 g/mol. The normalized spacial score (nSPS) is 11.8. The molecule has 0 aliphatic heterocycles. The lowest BCUT2D eigenvalue weighted by Gasteiger charge is -2.16. The minimum Gasteiger partial charge on any atom is -0.496 e. The summed E-state index contributed by atoms with van der Waals surface area (Å²) in [6.45, 7) is 0.426. The SMILES string of the molecule is COc1ccccc1CNC(C(=O)O)c1ccccc1. The van der Waals surface area contributed by atoms with Gasteiger partial charge in [-0.1, -0.05) is 48.5 Å². The summed E-state index contributed by atoms with van der Waals surface area (Å²) in [5.74, 6) is -0.150. The van der Waals surface area contributed by atoms with Gasteiger partial charge in [0, 0.05) is 12.1 Å². The topological polar surface area (TPSA) is 58.6 Å². The van der Waals surface area contributed by atoms with Gasteiger partial charge in [-0.2, -0.15) is 0 Å². The zero-order valence-corrected chi connectivity index (χ0v) is 11.2. The lowest BCUT2D eigenvalue weighted by Crippen LogP contribution is -2.28. The van der Waals surface area contributed by atoms with Gasteiger partial charge in [-0.05, 0) is 11.6 Å². The molecule has 4 heteroatoms. The third-order valence-electron chi connectivity index (χ3n) is 3.07. The van der Waals surface area contributed by atoms with E-state index < -0.39 is 12.0 Å². The predicted octanol–water partition coefficient (Wildman–Crippen LogP) is 2.61. The van der Waals surface area contributed by atoms with Gasteiger partial charge in [-0.25, -0.2) is 0 Å². The molecule has 1 atom stereocenters. The molecule has 2 N–H and O–H groups in total. The molecule has 0 aliphatic carbocycles. The van der Waals surface area contributed by atoms with E-state index in [-0.39, 0.29) is 0 Å². The molecule has 2 rings (SSSR count). The average Bonchev–Trinajstić information content (AvgIpc) is 2.48. The maximum Gasteiger partial charge on any atom is 0.325 e. The highest BCUT2D eigenvalue weighted by atomic mass is 16.5. The first kappa shape index (κ1) is 14.1. The van der Waals surface area contributed by atoms with E-state index in [1.807, 2.05) is 42.5 Å². The zero-order valence-electron chi connectivity index (χ0n) is 11.2. The van der Waals surface area contributed by atoms with E-state index in [0.717, 1.165) is 16.9 Å². The number of carboxylic acids is 1. The molecule has 104 valence electrons. The Labute approximate surface area is 118 Å². The molecule has 0 aliphatic rings. The summed E-state index contributed by atoms with van der Waals surface area (Å²) in [7, 11) is 1.60. The summed E-state index contributed by atoms with van der Waals surface area (Å²) in [4.78, 5) is 11.4. The summed E-state index contributed by atoms with van der Waals surface area (Å²) >= 11 is 0. The molecule has 1 unspecified atom stereocenters. The Balaban J connectivity index is 2.12. The van der Waals surface area contributed by atoms with Crippen LogP contribution in [-0.2, 0) is 11.3 Å². The number of ether oxygens (including phenoxy) is 1. The van der Waals surface area contributed by atoms with E-state index >= 15 is 0 Å². The Hall–Kier alpha value is -2.33. The number of carbonyl (C=O) groups is 1. The maximum atomic E-state index is 11.4. The monoisotopic (exact) mass is 271 g/mol. The number of para-hydroxylation sites is 1. The van der Waals surface area contributed by atoms with Crippen LogP contribution in [0.2, 0.25) is 0 Å². The van der Waals surface area contributed by atoms with Crippen molar-refractivity contribution in [2.24, 2.45) is 0 Å². The number of carboxylic acid groups (broad SMARTS) is 1. The number of nitrogens with one attached hydrogen (secondary N) is 1. The van der Waals surface area contributed by atoms with Crippen LogP contribution in [0.5, 0.6) is 5.75 Å². The quantitative estimate of drug-likeness (QED) is 0.848. The standard InChI is InChI=1S/C16H17NO3/c1-20-14-10-6-5-9-13(14)11-17-15(16(18)19)12-7-3-2-4-8-12/h2-10,15,17H,11H2,1H3,(H,18,19). The molecule has 20 heavy (non-hydrogen) atoms. The lowest BCUT2D eigenvalue weighted by atomic mass is 10.1. The second-order valence-electron chi connectivity index (χ2n) is 4.37. The molecular formula is C16H17NO3. The summed E-state index contributed by atoms with van der Waals surface area (Å²) in [6, 6.07) is 15.9. The maximum absolute atomic E-state index is 11.4. The van der Waals surface area contributed by atoms with E-state index in [4.69, 9.17) is 4.74 Å². The molecule has 4 nitrogen and oxygen atoms in total. The van der Waals surface area contributed by atoms with Crippen LogP contribution in [0.1, 0.15) is 17.2 Å². The molecule has 0 saturated heterocycles. The molecule has 0 bridgehead atoms. The molecule has 2 aromatic carbocycles. The molecule has 0 radical (unpaired) electrons. The van der Waals surface area contributed by atoms with Crippen molar-refractivity contribution >= 4 is 5.97 Å². The first-order valence-corrected chi connectivity index (χ1v) is 6.35. The molecular weight excluding hydrogens is 254 g/mol. The summed E-state index contributed by atoms with van der Waals surface area (Å²) in [5, 5.41) is 12.4. The number of rotatable bonds is 6. The van der Waals surface area contributed by atoms with Crippen molar-refractivity contribution < 1.29 is 14.6 Å².